The van der Waals surface area contributed by atoms with E-state index in [-0.39, 0.29) is 24.2 Å². The summed E-state index contributed by atoms with van der Waals surface area (Å²) in [7, 11) is 1.50. The van der Waals surface area contributed by atoms with Crippen LogP contribution in [0.1, 0.15) is 100 Å². The van der Waals surface area contributed by atoms with Gasteiger partial charge in [-0.3, -0.25) is 28.8 Å². The summed E-state index contributed by atoms with van der Waals surface area (Å²) in [4.78, 5) is 81.2. The highest BCUT2D eigenvalue weighted by atomic mass is 16.5. The number of nitrogens with one attached hydrogen (secondary N) is 4. The van der Waals surface area contributed by atoms with Crippen LogP contribution in [-0.2, 0) is 33.5 Å². The number of likely N-dealkylation sites (N-methyl/N-ethyl adjacent to an activating group) is 1. The highest BCUT2D eigenvalue weighted by Gasteiger charge is 2.37. The predicted molar refractivity (Wildman–Crippen MR) is 175 cm³/mol. The van der Waals surface area contributed by atoms with Crippen LogP contribution in [0.3, 0.4) is 0 Å². The first kappa shape index (κ1) is 41.8. The van der Waals surface area contributed by atoms with Crippen molar-refractivity contribution in [3.63, 3.8) is 0 Å². The molecule has 1 aliphatic rings. The van der Waals surface area contributed by atoms with E-state index in [1.54, 1.807) is 6.92 Å². The molecule has 7 atom stereocenters. The van der Waals surface area contributed by atoms with Gasteiger partial charge in [-0.2, -0.15) is 0 Å². The molecule has 1 rings (SSSR count). The van der Waals surface area contributed by atoms with Crippen molar-refractivity contribution >= 4 is 35.5 Å². The number of aliphatic hydroxyl groups is 2. The molecule has 0 aromatic rings. The molecule has 1 fully saturated rings. The van der Waals surface area contributed by atoms with Crippen molar-refractivity contribution in [1.29, 1.82) is 0 Å². The first-order valence-electron chi connectivity index (χ1n) is 16.8. The van der Waals surface area contributed by atoms with Crippen molar-refractivity contribution in [2.75, 3.05) is 20.2 Å². The van der Waals surface area contributed by atoms with Gasteiger partial charge in [-0.15, -0.1) is 0 Å². The number of ether oxygens (including phenoxy) is 1. The molecule has 0 saturated carbocycles. The number of nitrogens with zero attached hydrogens (tertiary/aromatic N) is 1. The molecule has 0 unspecified atom stereocenters. The third-order valence-electron chi connectivity index (χ3n) is 8.20. The minimum absolute atomic E-state index is 0.00433. The number of amides is 5. The standard InChI is InChI=1S/C33H59N5O9/c1-10-13-22-28(42)36-23(18-39)29(43)37-27(21(5)40)31(45)34-17-26(41)47-25(14-11-12-15-33(6,7)8)20(4)32(46)38(9)24(16-19(2)3)30(44)35-22/h19-25,27,39-40H,10-18H2,1-9H3,(H,34,45)(H,35,44)(H,36,42)(H,37,43)/t20-,21+,22+,23+,24+,25-,27+/m1/s1. The van der Waals surface area contributed by atoms with E-state index in [1.165, 1.54) is 18.9 Å². The Labute approximate surface area is 279 Å². The second-order valence-electron chi connectivity index (χ2n) is 14.3. The van der Waals surface area contributed by atoms with Gasteiger partial charge in [0.15, 0.2) is 0 Å². The summed E-state index contributed by atoms with van der Waals surface area (Å²) in [6, 6.07) is -5.11. The highest BCUT2D eigenvalue weighted by Crippen LogP contribution is 2.25. The summed E-state index contributed by atoms with van der Waals surface area (Å²) in [5.41, 5.74) is 0.0938. The van der Waals surface area contributed by atoms with E-state index in [9.17, 15) is 39.0 Å². The van der Waals surface area contributed by atoms with Crippen LogP contribution in [0.4, 0.5) is 0 Å². The maximum Gasteiger partial charge on any atom is 0.325 e. The normalized spacial score (nSPS) is 27.1. The largest absolute Gasteiger partial charge is 0.460 e. The van der Waals surface area contributed by atoms with Crippen LogP contribution in [0.15, 0.2) is 0 Å². The van der Waals surface area contributed by atoms with Crippen LogP contribution >= 0.6 is 0 Å². The topological polar surface area (TPSA) is 203 Å². The zero-order valence-electron chi connectivity index (χ0n) is 29.7. The molecule has 0 bridgehead atoms. The number of carbonyl (C=O) groups excluding carboxylic acids is 6. The molecule has 47 heavy (non-hydrogen) atoms. The van der Waals surface area contributed by atoms with Crippen LogP contribution in [0.5, 0.6) is 0 Å². The Morgan fingerprint density at radius 2 is 1.49 bits per heavy atom. The van der Waals surface area contributed by atoms with E-state index in [4.69, 9.17) is 4.74 Å². The van der Waals surface area contributed by atoms with Crippen LogP contribution < -0.4 is 21.3 Å². The zero-order valence-corrected chi connectivity index (χ0v) is 29.7. The lowest BCUT2D eigenvalue weighted by Crippen LogP contribution is -2.60. The van der Waals surface area contributed by atoms with Crippen molar-refractivity contribution in [2.24, 2.45) is 17.3 Å². The van der Waals surface area contributed by atoms with Crippen LogP contribution in [-0.4, -0.2) is 107 Å². The third-order valence-corrected chi connectivity index (χ3v) is 8.20. The molecule has 1 heterocycles. The zero-order chi connectivity index (χ0) is 36.1. The molecule has 270 valence electrons. The molecule has 14 nitrogen and oxygen atoms in total. The van der Waals surface area contributed by atoms with Crippen molar-refractivity contribution in [3.05, 3.63) is 0 Å². The number of rotatable bonds is 10. The lowest BCUT2D eigenvalue weighted by atomic mass is 9.88. The van der Waals surface area contributed by atoms with Gasteiger partial charge in [0.25, 0.3) is 0 Å². The molecule has 0 aromatic carbocycles. The minimum atomic E-state index is -1.53. The highest BCUT2D eigenvalue weighted by molar-refractivity contribution is 5.96. The minimum Gasteiger partial charge on any atom is -0.460 e. The van der Waals surface area contributed by atoms with E-state index < -0.39 is 91.0 Å². The van der Waals surface area contributed by atoms with E-state index in [0.29, 0.717) is 19.3 Å². The van der Waals surface area contributed by atoms with Crippen molar-refractivity contribution in [1.82, 2.24) is 26.2 Å². The Morgan fingerprint density at radius 1 is 0.894 bits per heavy atom. The van der Waals surface area contributed by atoms with Crippen LogP contribution in [0.25, 0.3) is 0 Å². The molecule has 14 heteroatoms. The predicted octanol–water partition coefficient (Wildman–Crippen LogP) is 0.771. The Hall–Kier alpha value is -3.26. The summed E-state index contributed by atoms with van der Waals surface area (Å²) in [5, 5.41) is 29.9. The van der Waals surface area contributed by atoms with E-state index in [2.05, 4.69) is 42.0 Å². The Morgan fingerprint density at radius 3 is 2.02 bits per heavy atom. The number of esters is 1. The van der Waals surface area contributed by atoms with E-state index >= 15 is 0 Å². The van der Waals surface area contributed by atoms with Gasteiger partial charge in [0, 0.05) is 7.05 Å². The summed E-state index contributed by atoms with van der Waals surface area (Å²) in [6.07, 6.45) is 1.47. The molecule has 0 aliphatic carbocycles. The van der Waals surface area contributed by atoms with Crippen LogP contribution in [0, 0.1) is 17.3 Å². The molecule has 0 aromatic heterocycles. The van der Waals surface area contributed by atoms with Gasteiger partial charge in [0.1, 0.15) is 36.8 Å². The molecular formula is C33H59N5O9. The first-order chi connectivity index (χ1) is 21.8. The van der Waals surface area contributed by atoms with E-state index in [1.807, 2.05) is 20.8 Å². The molecule has 0 spiro atoms. The van der Waals surface area contributed by atoms with Crippen LogP contribution in [0.2, 0.25) is 0 Å². The number of carbonyl (C=O) groups is 6. The lowest BCUT2D eigenvalue weighted by molar-refractivity contribution is -0.157. The second kappa shape index (κ2) is 19.5. The van der Waals surface area contributed by atoms with E-state index in [0.717, 1.165) is 12.8 Å². The number of hydrogen-bond acceptors (Lipinski definition) is 9. The van der Waals surface area contributed by atoms with Gasteiger partial charge in [0.05, 0.1) is 18.6 Å². The van der Waals surface area contributed by atoms with Gasteiger partial charge in [0.2, 0.25) is 29.5 Å². The number of cyclic esters (lactones) is 1. The summed E-state index contributed by atoms with van der Waals surface area (Å²) in [6.45, 7) is 13.4. The second-order valence-corrected chi connectivity index (χ2v) is 14.3. The lowest BCUT2D eigenvalue weighted by Gasteiger charge is -2.34. The molecule has 6 N–H and O–H groups in total. The maximum absolute atomic E-state index is 13.9. The fraction of sp³-hybridized carbons (Fsp3) is 0.818. The summed E-state index contributed by atoms with van der Waals surface area (Å²) in [5.74, 6) is -5.28. The number of aliphatic hydroxyl groups excluding tert-OH is 2. The van der Waals surface area contributed by atoms with Gasteiger partial charge in [-0.1, -0.05) is 61.3 Å². The Balaban J connectivity index is 3.56. The Kier molecular flexibility index (Phi) is 17.4. The molecule has 1 saturated heterocycles. The van der Waals surface area contributed by atoms with Crippen molar-refractivity contribution < 1.29 is 43.7 Å². The SMILES string of the molecule is CCC[C@@H]1NC(=O)[C@H](CC(C)C)N(C)C(=O)[C@H](C)[C@@H](CCCCC(C)(C)C)OC(=O)CNC(=O)[C@H]([C@H](C)O)NC(=O)[C@H](CO)NC1=O. The molecular weight excluding hydrogens is 610 g/mol. The first-order valence-corrected chi connectivity index (χ1v) is 16.8. The fourth-order valence-electron chi connectivity index (χ4n) is 5.36. The molecule has 1 aliphatic heterocycles. The summed E-state index contributed by atoms with van der Waals surface area (Å²) < 4.78 is 5.75. The van der Waals surface area contributed by atoms with Crippen molar-refractivity contribution in [2.45, 2.75) is 137 Å². The monoisotopic (exact) mass is 669 g/mol. The quantitative estimate of drug-likeness (QED) is 0.143. The molecule has 5 amide bonds. The number of unbranched alkanes of at least 4 members (excludes halogenated alkanes) is 1. The van der Waals surface area contributed by atoms with Gasteiger partial charge in [-0.25, -0.2) is 0 Å². The fourth-order valence-corrected chi connectivity index (χ4v) is 5.36. The smallest absolute Gasteiger partial charge is 0.325 e. The molecule has 0 radical (unpaired) electrons. The van der Waals surface area contributed by atoms with Gasteiger partial charge < -0.3 is 41.1 Å². The number of hydrogen-bond donors (Lipinski definition) is 6. The maximum atomic E-state index is 13.9. The van der Waals surface area contributed by atoms with Gasteiger partial charge >= 0.3 is 5.97 Å². The van der Waals surface area contributed by atoms with Crippen molar-refractivity contribution in [3.8, 4) is 0 Å². The average molecular weight is 670 g/mol. The summed E-state index contributed by atoms with van der Waals surface area (Å²) >= 11 is 0. The third kappa shape index (κ3) is 14.2. The van der Waals surface area contributed by atoms with Gasteiger partial charge in [-0.05, 0) is 50.4 Å². The Bertz CT molecular complexity index is 1080. The average Bonchev–Trinajstić information content (AvgIpc) is 2.98.